The van der Waals surface area contributed by atoms with E-state index in [1.807, 2.05) is 13.0 Å². The maximum Gasteiger partial charge on any atom is 0.269 e. The van der Waals surface area contributed by atoms with Crippen molar-refractivity contribution < 1.29 is 19.2 Å². The van der Waals surface area contributed by atoms with E-state index >= 15 is 0 Å². The summed E-state index contributed by atoms with van der Waals surface area (Å²) in [6, 6.07) is 3.15. The Balaban J connectivity index is 1.34. The van der Waals surface area contributed by atoms with Gasteiger partial charge in [-0.1, -0.05) is 5.16 Å². The van der Waals surface area contributed by atoms with E-state index in [4.69, 9.17) is 9.26 Å². The number of aliphatic hydroxyl groups is 1. The molecule has 0 unspecified atom stereocenters. The largest absolute Gasteiger partial charge is 0.388 e. The molecule has 158 valence electrons. The molecule has 4 rings (SSSR count). The van der Waals surface area contributed by atoms with Gasteiger partial charge in [-0.2, -0.15) is 5.10 Å². The van der Waals surface area contributed by atoms with Crippen molar-refractivity contribution in [3.05, 3.63) is 35.5 Å². The highest BCUT2D eigenvalue weighted by atomic mass is 16.5. The summed E-state index contributed by atoms with van der Waals surface area (Å²) in [6.45, 7) is 6.47. The van der Waals surface area contributed by atoms with Crippen molar-refractivity contribution in [3.8, 4) is 0 Å². The van der Waals surface area contributed by atoms with Crippen molar-refractivity contribution in [1.29, 1.82) is 0 Å². The highest BCUT2D eigenvalue weighted by Crippen LogP contribution is 2.39. The molecule has 2 N–H and O–H groups in total. The number of ether oxygens (including phenoxy) is 1. The molecule has 0 saturated carbocycles. The summed E-state index contributed by atoms with van der Waals surface area (Å²) in [5.41, 5.74) is -0.00350. The molecular formula is C20H29N5O4. The van der Waals surface area contributed by atoms with E-state index in [2.05, 4.69) is 20.5 Å². The fraction of sp³-hybridized carbons (Fsp3) is 0.650. The zero-order valence-corrected chi connectivity index (χ0v) is 17.2. The van der Waals surface area contributed by atoms with Gasteiger partial charge in [0.15, 0.2) is 0 Å². The molecule has 9 heteroatoms. The standard InChI is InChI=1S/C20H29N5O4/c1-14-10-15(23-29-14)11-25-8-5-20(6-9-25)13-19(2,27)17(12-28-20)22-18(26)16-4-7-21-24(16)3/h4,7,10,17,27H,5-6,8-9,11-13H2,1-3H3,(H,22,26)/t17-,19-/m0/s1. The molecule has 29 heavy (non-hydrogen) atoms. The number of aryl methyl sites for hydroxylation is 2. The number of rotatable bonds is 4. The highest BCUT2D eigenvalue weighted by molar-refractivity contribution is 5.92. The smallest absolute Gasteiger partial charge is 0.269 e. The predicted octanol–water partition coefficient (Wildman–Crippen LogP) is 1.02. The Morgan fingerprint density at radius 3 is 2.76 bits per heavy atom. The molecular weight excluding hydrogens is 374 g/mol. The molecule has 0 bridgehead atoms. The topological polar surface area (TPSA) is 106 Å². The van der Waals surface area contributed by atoms with Crippen LogP contribution in [-0.2, 0) is 18.3 Å². The lowest BCUT2D eigenvalue weighted by molar-refractivity contribution is -0.186. The van der Waals surface area contributed by atoms with Gasteiger partial charge >= 0.3 is 0 Å². The van der Waals surface area contributed by atoms with Crippen molar-refractivity contribution in [2.45, 2.75) is 56.9 Å². The van der Waals surface area contributed by atoms with Crippen molar-refractivity contribution in [3.63, 3.8) is 0 Å². The molecule has 9 nitrogen and oxygen atoms in total. The zero-order valence-electron chi connectivity index (χ0n) is 17.2. The summed E-state index contributed by atoms with van der Waals surface area (Å²) in [4.78, 5) is 14.8. The van der Waals surface area contributed by atoms with Gasteiger partial charge in [0.1, 0.15) is 11.5 Å². The average molecular weight is 403 g/mol. The lowest BCUT2D eigenvalue weighted by Gasteiger charge is -2.51. The summed E-state index contributed by atoms with van der Waals surface area (Å²) in [5, 5.41) is 22.1. The Labute approximate surface area is 170 Å². The van der Waals surface area contributed by atoms with Gasteiger partial charge in [-0.05, 0) is 32.8 Å². The van der Waals surface area contributed by atoms with Crippen LogP contribution in [0, 0.1) is 6.92 Å². The normalized spacial score (nSPS) is 27.2. The second kappa shape index (κ2) is 7.55. The second-order valence-electron chi connectivity index (χ2n) is 8.60. The molecule has 0 aromatic carbocycles. The number of carbonyl (C=O) groups is 1. The van der Waals surface area contributed by atoms with Crippen LogP contribution in [0.3, 0.4) is 0 Å². The first-order chi connectivity index (χ1) is 13.8. The number of nitrogens with zero attached hydrogens (tertiary/aromatic N) is 4. The minimum absolute atomic E-state index is 0.257. The van der Waals surface area contributed by atoms with Crippen molar-refractivity contribution in [2.24, 2.45) is 7.05 Å². The molecule has 1 amide bonds. The molecule has 2 aliphatic rings. The van der Waals surface area contributed by atoms with Gasteiger partial charge in [-0.15, -0.1) is 0 Å². The van der Waals surface area contributed by atoms with E-state index in [0.717, 1.165) is 43.9 Å². The lowest BCUT2D eigenvalue weighted by atomic mass is 9.75. The first-order valence-corrected chi connectivity index (χ1v) is 10.1. The molecule has 2 atom stereocenters. The van der Waals surface area contributed by atoms with Crippen molar-refractivity contribution in [1.82, 2.24) is 25.2 Å². The summed E-state index contributed by atoms with van der Waals surface area (Å²) in [5.74, 6) is 0.562. The maximum atomic E-state index is 12.5. The highest BCUT2D eigenvalue weighted by Gasteiger charge is 2.49. The molecule has 4 heterocycles. The SMILES string of the molecule is Cc1cc(CN2CCC3(CC2)C[C@](C)(O)[C@@H](NC(=O)c2ccnn2C)CO3)no1. The third kappa shape index (κ3) is 4.22. The molecule has 2 aromatic heterocycles. The van der Waals surface area contributed by atoms with Crippen LogP contribution in [0.25, 0.3) is 0 Å². The van der Waals surface area contributed by atoms with Crippen LogP contribution >= 0.6 is 0 Å². The van der Waals surface area contributed by atoms with Gasteiger partial charge in [-0.25, -0.2) is 0 Å². The van der Waals surface area contributed by atoms with Gasteiger partial charge in [0.05, 0.1) is 29.5 Å². The Morgan fingerprint density at radius 2 is 2.17 bits per heavy atom. The van der Waals surface area contributed by atoms with Crippen LogP contribution < -0.4 is 5.32 Å². The van der Waals surface area contributed by atoms with Gasteiger partial charge in [0, 0.05) is 45.4 Å². The van der Waals surface area contributed by atoms with Crippen LogP contribution in [0.15, 0.2) is 22.9 Å². The lowest BCUT2D eigenvalue weighted by Crippen LogP contribution is -2.64. The number of carbonyl (C=O) groups excluding carboxylic acids is 1. The van der Waals surface area contributed by atoms with Gasteiger partial charge in [-0.3, -0.25) is 14.4 Å². The predicted molar refractivity (Wildman–Crippen MR) is 104 cm³/mol. The van der Waals surface area contributed by atoms with Crippen LogP contribution in [0.4, 0.5) is 0 Å². The number of hydrogen-bond acceptors (Lipinski definition) is 7. The number of nitrogens with one attached hydrogen (secondary N) is 1. The Kier molecular flexibility index (Phi) is 5.22. The van der Waals surface area contributed by atoms with E-state index in [9.17, 15) is 9.90 Å². The minimum Gasteiger partial charge on any atom is -0.388 e. The van der Waals surface area contributed by atoms with Crippen LogP contribution in [-0.4, -0.2) is 67.8 Å². The minimum atomic E-state index is -1.04. The summed E-state index contributed by atoms with van der Waals surface area (Å²) in [6.07, 6.45) is 3.74. The maximum absolute atomic E-state index is 12.5. The van der Waals surface area contributed by atoms with E-state index in [-0.39, 0.29) is 11.5 Å². The first kappa shape index (κ1) is 20.1. The molecule has 2 fully saturated rings. The fourth-order valence-corrected chi connectivity index (χ4v) is 4.45. The summed E-state index contributed by atoms with van der Waals surface area (Å²) in [7, 11) is 1.72. The van der Waals surface area contributed by atoms with Crippen LogP contribution in [0.5, 0.6) is 0 Å². The number of aromatic nitrogens is 3. The molecule has 0 aliphatic carbocycles. The Bertz CT molecular complexity index is 866. The summed E-state index contributed by atoms with van der Waals surface area (Å²) >= 11 is 0. The molecule has 2 aromatic rings. The molecule has 2 saturated heterocycles. The quantitative estimate of drug-likeness (QED) is 0.785. The van der Waals surface area contributed by atoms with Crippen LogP contribution in [0.2, 0.25) is 0 Å². The van der Waals surface area contributed by atoms with Gasteiger partial charge < -0.3 is 19.7 Å². The number of hydrogen-bond donors (Lipinski definition) is 2. The van der Waals surface area contributed by atoms with Crippen molar-refractivity contribution in [2.75, 3.05) is 19.7 Å². The van der Waals surface area contributed by atoms with E-state index in [1.165, 1.54) is 4.68 Å². The van der Waals surface area contributed by atoms with E-state index in [1.54, 1.807) is 26.2 Å². The third-order valence-corrected chi connectivity index (χ3v) is 6.18. The fourth-order valence-electron chi connectivity index (χ4n) is 4.45. The van der Waals surface area contributed by atoms with E-state index < -0.39 is 11.6 Å². The van der Waals surface area contributed by atoms with E-state index in [0.29, 0.717) is 18.7 Å². The number of amides is 1. The monoisotopic (exact) mass is 403 g/mol. The first-order valence-electron chi connectivity index (χ1n) is 10.1. The third-order valence-electron chi connectivity index (χ3n) is 6.18. The van der Waals surface area contributed by atoms with Gasteiger partial charge in [0.25, 0.3) is 5.91 Å². The van der Waals surface area contributed by atoms with Crippen LogP contribution in [0.1, 0.15) is 48.1 Å². The molecule has 2 aliphatic heterocycles. The zero-order chi connectivity index (χ0) is 20.6. The van der Waals surface area contributed by atoms with Crippen molar-refractivity contribution >= 4 is 5.91 Å². The Hall–Kier alpha value is -2.23. The molecule has 1 spiro atoms. The second-order valence-corrected chi connectivity index (χ2v) is 8.60. The number of piperidine rings is 1. The summed E-state index contributed by atoms with van der Waals surface area (Å²) < 4.78 is 12.9. The Morgan fingerprint density at radius 1 is 1.41 bits per heavy atom. The molecule has 0 radical (unpaired) electrons. The average Bonchev–Trinajstić information content (AvgIpc) is 3.27. The van der Waals surface area contributed by atoms with Gasteiger partial charge in [0.2, 0.25) is 0 Å². The number of likely N-dealkylation sites (tertiary alicyclic amines) is 1.